The molecule has 0 heterocycles. The Hall–Kier alpha value is -2.89. The summed E-state index contributed by atoms with van der Waals surface area (Å²) < 4.78 is 16.5. The lowest BCUT2D eigenvalue weighted by Gasteiger charge is -2.22. The summed E-state index contributed by atoms with van der Waals surface area (Å²) in [6.45, 7) is 7.92. The highest BCUT2D eigenvalue weighted by Gasteiger charge is 2.16. The number of methoxy groups -OCH3 is 2. The van der Waals surface area contributed by atoms with Crippen molar-refractivity contribution in [2.45, 2.75) is 45.9 Å². The Morgan fingerprint density at radius 3 is 2.18 bits per heavy atom. The molecule has 28 heavy (non-hydrogen) atoms. The van der Waals surface area contributed by atoms with Crippen LogP contribution >= 0.6 is 0 Å². The third-order valence-corrected chi connectivity index (χ3v) is 4.43. The second-order valence-electron chi connectivity index (χ2n) is 6.91. The number of amides is 2. The fourth-order valence-corrected chi connectivity index (χ4v) is 2.91. The number of hydrogen-bond donors (Lipinski definition) is 2. The third-order valence-electron chi connectivity index (χ3n) is 4.43. The van der Waals surface area contributed by atoms with Gasteiger partial charge in [0.2, 0.25) is 0 Å². The fraction of sp³-hybridized carbons (Fsp3) is 0.409. The molecule has 0 fully saturated rings. The van der Waals surface area contributed by atoms with Gasteiger partial charge in [-0.1, -0.05) is 38.1 Å². The van der Waals surface area contributed by atoms with E-state index < -0.39 is 6.23 Å². The molecule has 2 amide bonds. The first-order valence-electron chi connectivity index (χ1n) is 9.40. The van der Waals surface area contributed by atoms with Gasteiger partial charge in [0.25, 0.3) is 0 Å². The summed E-state index contributed by atoms with van der Waals surface area (Å²) in [5.41, 5.74) is 2.02. The molecular weight excluding hydrogens is 356 g/mol. The van der Waals surface area contributed by atoms with Crippen LogP contribution in [0, 0.1) is 0 Å². The van der Waals surface area contributed by atoms with Gasteiger partial charge in [0.05, 0.1) is 20.3 Å². The molecule has 2 aromatic carbocycles. The quantitative estimate of drug-likeness (QED) is 0.650. The Bertz CT molecular complexity index is 792. The number of carbonyl (C=O) groups excluding carboxylic acids is 1. The minimum atomic E-state index is -0.475. The van der Waals surface area contributed by atoms with E-state index in [1.54, 1.807) is 21.1 Å². The standard InChI is InChI=1S/C22H30N2O4/c1-14(2)18-9-7-8-10-19(18)28-16(4)24-22(25)23-15(3)17-11-12-20(26-5)21(13-17)27-6/h7-16H,1-6H3,(H2,23,24,25). The van der Waals surface area contributed by atoms with Crippen molar-refractivity contribution in [1.29, 1.82) is 0 Å². The van der Waals surface area contributed by atoms with E-state index >= 15 is 0 Å². The number of carbonyl (C=O) groups is 1. The maximum atomic E-state index is 12.4. The van der Waals surface area contributed by atoms with Gasteiger partial charge >= 0.3 is 6.03 Å². The van der Waals surface area contributed by atoms with E-state index in [1.165, 1.54) is 0 Å². The summed E-state index contributed by atoms with van der Waals surface area (Å²) in [7, 11) is 3.17. The van der Waals surface area contributed by atoms with Crippen LogP contribution in [0.25, 0.3) is 0 Å². The number of ether oxygens (including phenoxy) is 3. The van der Waals surface area contributed by atoms with Crippen molar-refractivity contribution in [3.63, 3.8) is 0 Å². The summed E-state index contributed by atoms with van der Waals surface area (Å²) in [6.07, 6.45) is -0.475. The highest BCUT2D eigenvalue weighted by atomic mass is 16.5. The van der Waals surface area contributed by atoms with Crippen LogP contribution in [0.5, 0.6) is 17.2 Å². The van der Waals surface area contributed by atoms with E-state index in [0.29, 0.717) is 17.4 Å². The Kier molecular flexibility index (Phi) is 7.55. The van der Waals surface area contributed by atoms with Gasteiger partial charge in [-0.25, -0.2) is 4.79 Å². The van der Waals surface area contributed by atoms with Gasteiger partial charge in [-0.3, -0.25) is 0 Å². The van der Waals surface area contributed by atoms with E-state index in [2.05, 4.69) is 24.5 Å². The van der Waals surface area contributed by atoms with Crippen LogP contribution in [0.15, 0.2) is 42.5 Å². The molecule has 2 rings (SSSR count). The maximum Gasteiger partial charge on any atom is 0.318 e. The van der Waals surface area contributed by atoms with Crippen molar-refractivity contribution < 1.29 is 19.0 Å². The normalized spacial score (nSPS) is 12.8. The molecule has 0 aliphatic rings. The number of para-hydroxylation sites is 1. The third kappa shape index (κ3) is 5.55. The Labute approximate surface area is 167 Å². The smallest absolute Gasteiger partial charge is 0.318 e. The molecule has 2 unspecified atom stereocenters. The molecule has 6 heteroatoms. The predicted molar refractivity (Wildman–Crippen MR) is 110 cm³/mol. The van der Waals surface area contributed by atoms with Gasteiger partial charge in [-0.2, -0.15) is 0 Å². The average molecular weight is 386 g/mol. The van der Waals surface area contributed by atoms with Crippen LogP contribution in [0.2, 0.25) is 0 Å². The number of hydrogen-bond acceptors (Lipinski definition) is 4. The largest absolute Gasteiger partial charge is 0.493 e. The topological polar surface area (TPSA) is 68.8 Å². The van der Waals surface area contributed by atoms with Gasteiger partial charge in [0.1, 0.15) is 5.75 Å². The second-order valence-corrected chi connectivity index (χ2v) is 6.91. The molecule has 0 aliphatic carbocycles. The van der Waals surface area contributed by atoms with Crippen molar-refractivity contribution >= 4 is 6.03 Å². The van der Waals surface area contributed by atoms with Gasteiger partial charge in [0, 0.05) is 0 Å². The van der Waals surface area contributed by atoms with Gasteiger partial charge in [-0.05, 0) is 49.1 Å². The average Bonchev–Trinajstić information content (AvgIpc) is 2.67. The van der Waals surface area contributed by atoms with Crippen LogP contribution in [0.3, 0.4) is 0 Å². The van der Waals surface area contributed by atoms with E-state index in [4.69, 9.17) is 14.2 Å². The summed E-state index contributed by atoms with van der Waals surface area (Å²) in [5, 5.41) is 5.73. The van der Waals surface area contributed by atoms with Crippen LogP contribution in [-0.2, 0) is 0 Å². The minimum Gasteiger partial charge on any atom is -0.493 e. The summed E-state index contributed by atoms with van der Waals surface area (Å²) in [4.78, 5) is 12.4. The molecule has 2 aromatic rings. The Balaban J connectivity index is 1.96. The SMILES string of the molecule is COc1ccc(C(C)NC(=O)NC(C)Oc2ccccc2C(C)C)cc1OC. The lowest BCUT2D eigenvalue weighted by Crippen LogP contribution is -2.44. The van der Waals surface area contributed by atoms with E-state index in [-0.39, 0.29) is 12.1 Å². The first kappa shape index (κ1) is 21.4. The zero-order valence-electron chi connectivity index (χ0n) is 17.4. The lowest BCUT2D eigenvalue weighted by molar-refractivity contribution is 0.174. The Morgan fingerprint density at radius 2 is 1.54 bits per heavy atom. The first-order valence-corrected chi connectivity index (χ1v) is 9.40. The Morgan fingerprint density at radius 1 is 0.857 bits per heavy atom. The van der Waals surface area contributed by atoms with Gasteiger partial charge in [-0.15, -0.1) is 0 Å². The summed E-state index contributed by atoms with van der Waals surface area (Å²) >= 11 is 0. The van der Waals surface area contributed by atoms with Crippen molar-refractivity contribution in [3.05, 3.63) is 53.6 Å². The monoisotopic (exact) mass is 386 g/mol. The van der Waals surface area contributed by atoms with Crippen molar-refractivity contribution in [1.82, 2.24) is 10.6 Å². The molecule has 0 aromatic heterocycles. The summed E-state index contributed by atoms with van der Waals surface area (Å²) in [6, 6.07) is 12.9. The zero-order valence-corrected chi connectivity index (χ0v) is 17.4. The molecular formula is C22H30N2O4. The van der Waals surface area contributed by atoms with Crippen LogP contribution < -0.4 is 24.8 Å². The van der Waals surface area contributed by atoms with Crippen molar-refractivity contribution in [2.24, 2.45) is 0 Å². The molecule has 2 atom stereocenters. The van der Waals surface area contributed by atoms with Crippen LogP contribution in [0.1, 0.15) is 50.8 Å². The molecule has 0 spiro atoms. The van der Waals surface area contributed by atoms with Crippen molar-refractivity contribution in [2.75, 3.05) is 14.2 Å². The fourth-order valence-electron chi connectivity index (χ4n) is 2.91. The van der Waals surface area contributed by atoms with Gasteiger partial charge in [0.15, 0.2) is 17.7 Å². The number of nitrogens with one attached hydrogen (secondary N) is 2. The van der Waals surface area contributed by atoms with E-state index in [0.717, 1.165) is 16.9 Å². The number of rotatable bonds is 8. The highest BCUT2D eigenvalue weighted by Crippen LogP contribution is 2.30. The number of urea groups is 1. The molecule has 152 valence electrons. The molecule has 0 radical (unpaired) electrons. The molecule has 0 aliphatic heterocycles. The second kappa shape index (κ2) is 9.88. The molecule has 0 saturated heterocycles. The number of benzene rings is 2. The molecule has 2 N–H and O–H groups in total. The molecule has 0 bridgehead atoms. The zero-order chi connectivity index (χ0) is 20.7. The molecule has 6 nitrogen and oxygen atoms in total. The molecule has 0 saturated carbocycles. The van der Waals surface area contributed by atoms with E-state index in [9.17, 15) is 4.79 Å². The maximum absolute atomic E-state index is 12.4. The van der Waals surface area contributed by atoms with Crippen LogP contribution in [0.4, 0.5) is 4.79 Å². The predicted octanol–water partition coefficient (Wildman–Crippen LogP) is 4.61. The van der Waals surface area contributed by atoms with Crippen molar-refractivity contribution in [3.8, 4) is 17.2 Å². The van der Waals surface area contributed by atoms with Crippen LogP contribution in [-0.4, -0.2) is 26.5 Å². The summed E-state index contributed by atoms with van der Waals surface area (Å²) in [5.74, 6) is 2.38. The highest BCUT2D eigenvalue weighted by molar-refractivity contribution is 5.74. The van der Waals surface area contributed by atoms with E-state index in [1.807, 2.05) is 49.4 Å². The van der Waals surface area contributed by atoms with Gasteiger partial charge < -0.3 is 24.8 Å². The minimum absolute atomic E-state index is 0.213. The lowest BCUT2D eigenvalue weighted by atomic mass is 10.0. The first-order chi connectivity index (χ1) is 13.3.